The molecule has 1 aromatic carbocycles. The zero-order valence-corrected chi connectivity index (χ0v) is 19.1. The molecule has 1 N–H and O–H groups in total. The molecular weight excluding hydrogens is 408 g/mol. The number of fused-ring (bicyclic) bond motifs is 1. The number of aryl methyl sites for hydroxylation is 1. The molecule has 2 amide bonds. The molecule has 1 fully saturated rings. The Morgan fingerprint density at radius 2 is 1.91 bits per heavy atom. The Labute approximate surface area is 187 Å². The fourth-order valence-corrected chi connectivity index (χ4v) is 4.73. The Morgan fingerprint density at radius 1 is 1.19 bits per heavy atom. The van der Waals surface area contributed by atoms with E-state index in [0.29, 0.717) is 5.69 Å². The molecule has 1 aliphatic heterocycles. The molecule has 2 aliphatic rings. The molecule has 2 aromatic rings. The third-order valence-corrected chi connectivity index (χ3v) is 6.79. The van der Waals surface area contributed by atoms with Gasteiger partial charge in [-0.2, -0.15) is 5.10 Å². The maximum absolute atomic E-state index is 13.8. The van der Waals surface area contributed by atoms with Gasteiger partial charge in [0.2, 0.25) is 5.91 Å². The van der Waals surface area contributed by atoms with Crippen LogP contribution >= 0.6 is 0 Å². The summed E-state index contributed by atoms with van der Waals surface area (Å²) in [5.74, 6) is -1.19. The summed E-state index contributed by atoms with van der Waals surface area (Å²) < 4.78 is 6.23. The minimum absolute atomic E-state index is 0.0497. The number of amides is 2. The topological polar surface area (TPSA) is 93.5 Å². The largest absolute Gasteiger partial charge is 0.464 e. The highest BCUT2D eigenvalue weighted by Gasteiger charge is 2.50. The molecular formula is C24H30N4O4. The second-order valence-corrected chi connectivity index (χ2v) is 9.01. The molecule has 8 nitrogen and oxygen atoms in total. The number of benzene rings is 1. The van der Waals surface area contributed by atoms with Crippen molar-refractivity contribution in [1.82, 2.24) is 15.1 Å². The van der Waals surface area contributed by atoms with Crippen LogP contribution in [0.4, 0.5) is 5.69 Å². The summed E-state index contributed by atoms with van der Waals surface area (Å²) in [6.07, 6.45) is 5.25. The molecule has 1 unspecified atom stereocenters. The Balaban J connectivity index is 1.80. The number of carbonyl (C=O) groups is 3. The lowest BCUT2D eigenvalue weighted by atomic mass is 9.90. The van der Waals surface area contributed by atoms with E-state index < -0.39 is 11.5 Å². The van der Waals surface area contributed by atoms with Gasteiger partial charge < -0.3 is 10.1 Å². The molecule has 0 bridgehead atoms. The van der Waals surface area contributed by atoms with Crippen LogP contribution in [0.1, 0.15) is 71.1 Å². The van der Waals surface area contributed by atoms with Gasteiger partial charge in [0, 0.05) is 17.8 Å². The van der Waals surface area contributed by atoms with Gasteiger partial charge in [0.25, 0.3) is 5.91 Å². The van der Waals surface area contributed by atoms with E-state index in [0.717, 1.165) is 36.8 Å². The molecule has 1 atom stereocenters. The van der Waals surface area contributed by atoms with Crippen LogP contribution in [0.5, 0.6) is 0 Å². The van der Waals surface area contributed by atoms with Gasteiger partial charge in [-0.15, -0.1) is 0 Å². The summed E-state index contributed by atoms with van der Waals surface area (Å²) >= 11 is 0. The first-order valence-corrected chi connectivity index (χ1v) is 11.1. The Morgan fingerprint density at radius 3 is 2.59 bits per heavy atom. The number of aromatic nitrogens is 2. The monoisotopic (exact) mass is 438 g/mol. The Bertz CT molecular complexity index is 1070. The number of ether oxygens (including phenoxy) is 1. The number of hydrogen-bond donors (Lipinski definition) is 1. The normalized spacial score (nSPS) is 21.2. The van der Waals surface area contributed by atoms with E-state index in [4.69, 9.17) is 4.74 Å². The van der Waals surface area contributed by atoms with Crippen LogP contribution in [0, 0.1) is 13.8 Å². The first-order valence-electron chi connectivity index (χ1n) is 11.1. The number of anilines is 1. The highest BCUT2D eigenvalue weighted by molar-refractivity contribution is 6.12. The number of nitrogens with zero attached hydrogens (tertiary/aromatic N) is 3. The molecule has 170 valence electrons. The fourth-order valence-electron chi connectivity index (χ4n) is 4.73. The van der Waals surface area contributed by atoms with Gasteiger partial charge >= 0.3 is 5.97 Å². The average molecular weight is 439 g/mol. The number of rotatable bonds is 4. The summed E-state index contributed by atoms with van der Waals surface area (Å²) in [4.78, 5) is 41.1. The van der Waals surface area contributed by atoms with E-state index in [1.807, 2.05) is 32.0 Å². The molecule has 8 heteroatoms. The minimum Gasteiger partial charge on any atom is -0.464 e. The maximum Gasteiger partial charge on any atom is 0.358 e. The molecule has 1 aromatic heterocycles. The average Bonchev–Trinajstić information content (AvgIpc) is 3.20. The van der Waals surface area contributed by atoms with Crippen molar-refractivity contribution in [1.29, 1.82) is 0 Å². The van der Waals surface area contributed by atoms with E-state index in [1.54, 1.807) is 11.8 Å². The molecule has 1 saturated carbocycles. The van der Waals surface area contributed by atoms with E-state index in [2.05, 4.69) is 10.4 Å². The molecule has 0 radical (unpaired) electrons. The van der Waals surface area contributed by atoms with Crippen molar-refractivity contribution < 1.29 is 19.1 Å². The SMILES string of the molecule is COC(=O)c1cc2n(n1)CC(C)(C(=O)NC1CCCCC1)N(c1cccc(C)c1C)C2=O. The molecule has 4 rings (SSSR count). The van der Waals surface area contributed by atoms with Gasteiger partial charge in [-0.05, 0) is 50.8 Å². The minimum atomic E-state index is -1.21. The zero-order valence-electron chi connectivity index (χ0n) is 19.1. The predicted molar refractivity (Wildman–Crippen MR) is 120 cm³/mol. The number of esters is 1. The smallest absolute Gasteiger partial charge is 0.358 e. The molecule has 1 aliphatic carbocycles. The lowest BCUT2D eigenvalue weighted by Crippen LogP contribution is -2.65. The van der Waals surface area contributed by atoms with E-state index in [1.165, 1.54) is 24.3 Å². The zero-order chi connectivity index (χ0) is 23.0. The van der Waals surface area contributed by atoms with Gasteiger partial charge in [-0.1, -0.05) is 31.4 Å². The molecule has 0 saturated heterocycles. The second-order valence-electron chi connectivity index (χ2n) is 9.01. The van der Waals surface area contributed by atoms with Crippen LogP contribution in [0.2, 0.25) is 0 Å². The van der Waals surface area contributed by atoms with Crippen LogP contribution in [-0.4, -0.2) is 46.3 Å². The summed E-state index contributed by atoms with van der Waals surface area (Å²) in [6.45, 7) is 5.83. The first-order chi connectivity index (χ1) is 15.3. The van der Waals surface area contributed by atoms with Crippen molar-refractivity contribution >= 4 is 23.5 Å². The van der Waals surface area contributed by atoms with E-state index in [-0.39, 0.29) is 35.8 Å². The highest BCUT2D eigenvalue weighted by atomic mass is 16.5. The third kappa shape index (κ3) is 3.67. The van der Waals surface area contributed by atoms with Gasteiger partial charge in [0.1, 0.15) is 11.2 Å². The van der Waals surface area contributed by atoms with Crippen molar-refractivity contribution in [2.45, 2.75) is 71.0 Å². The molecule has 2 heterocycles. The van der Waals surface area contributed by atoms with Crippen LogP contribution in [-0.2, 0) is 16.1 Å². The van der Waals surface area contributed by atoms with Crippen molar-refractivity contribution in [3.8, 4) is 0 Å². The quantitative estimate of drug-likeness (QED) is 0.740. The molecule has 0 spiro atoms. The Hall–Kier alpha value is -3.16. The van der Waals surface area contributed by atoms with Crippen molar-refractivity contribution in [3.63, 3.8) is 0 Å². The summed E-state index contributed by atoms with van der Waals surface area (Å²) in [5, 5.41) is 7.47. The summed E-state index contributed by atoms with van der Waals surface area (Å²) in [5.41, 5.74) is 1.74. The maximum atomic E-state index is 13.8. The fraction of sp³-hybridized carbons (Fsp3) is 0.500. The number of nitrogens with one attached hydrogen (secondary N) is 1. The lowest BCUT2D eigenvalue weighted by Gasteiger charge is -2.44. The number of carbonyl (C=O) groups excluding carboxylic acids is 3. The predicted octanol–water partition coefficient (Wildman–Crippen LogP) is 3.15. The Kier molecular flexibility index (Phi) is 5.79. The van der Waals surface area contributed by atoms with E-state index in [9.17, 15) is 14.4 Å². The van der Waals surface area contributed by atoms with Crippen molar-refractivity contribution in [3.05, 3.63) is 46.8 Å². The van der Waals surface area contributed by atoms with Gasteiger partial charge in [-0.25, -0.2) is 4.79 Å². The van der Waals surface area contributed by atoms with Gasteiger partial charge in [-0.3, -0.25) is 19.2 Å². The standard InChI is InChI=1S/C24H30N4O4/c1-15-9-8-12-19(16(15)2)28-21(29)20-13-18(22(30)32-4)26-27(20)14-24(28,3)23(31)25-17-10-6-5-7-11-17/h8-9,12-13,17H,5-7,10-11,14H2,1-4H3,(H,25,31). The highest BCUT2D eigenvalue weighted by Crippen LogP contribution is 2.36. The van der Waals surface area contributed by atoms with Crippen LogP contribution in [0.15, 0.2) is 24.3 Å². The van der Waals surface area contributed by atoms with Crippen LogP contribution in [0.25, 0.3) is 0 Å². The summed E-state index contributed by atoms with van der Waals surface area (Å²) in [7, 11) is 1.27. The second kappa shape index (κ2) is 8.41. The van der Waals surface area contributed by atoms with Crippen LogP contribution in [0.3, 0.4) is 0 Å². The van der Waals surface area contributed by atoms with Gasteiger partial charge in [0.05, 0.1) is 13.7 Å². The number of hydrogen-bond acceptors (Lipinski definition) is 5. The van der Waals surface area contributed by atoms with Crippen molar-refractivity contribution in [2.24, 2.45) is 0 Å². The summed E-state index contributed by atoms with van der Waals surface area (Å²) in [6, 6.07) is 7.26. The number of methoxy groups -OCH3 is 1. The van der Waals surface area contributed by atoms with E-state index >= 15 is 0 Å². The molecule has 32 heavy (non-hydrogen) atoms. The van der Waals surface area contributed by atoms with Crippen molar-refractivity contribution in [2.75, 3.05) is 12.0 Å². The van der Waals surface area contributed by atoms with Crippen LogP contribution < -0.4 is 10.2 Å². The lowest BCUT2D eigenvalue weighted by molar-refractivity contribution is -0.127. The third-order valence-electron chi connectivity index (χ3n) is 6.79. The van der Waals surface area contributed by atoms with Gasteiger partial charge in [0.15, 0.2) is 5.69 Å². The first kappa shape index (κ1) is 22.0.